The number of anilines is 6. The maximum Gasteiger partial charge on any atom is 0.0597 e. The third-order valence-electron chi connectivity index (χ3n) is 13.4. The van der Waals surface area contributed by atoms with Crippen molar-refractivity contribution >= 4 is 77.7 Å². The summed E-state index contributed by atoms with van der Waals surface area (Å²) >= 11 is 0. The van der Waals surface area contributed by atoms with Crippen LogP contribution in [0, 0.1) is 13.8 Å². The van der Waals surface area contributed by atoms with E-state index in [1.807, 2.05) is 0 Å². The Labute approximate surface area is 360 Å². The van der Waals surface area contributed by atoms with Crippen LogP contribution in [0.25, 0.3) is 55.0 Å². The first-order chi connectivity index (χ1) is 30.6. The Kier molecular flexibility index (Phi) is 7.53. The Bertz CT molecular complexity index is 3340. The van der Waals surface area contributed by atoms with E-state index in [1.54, 1.807) is 0 Å². The molecule has 9 aromatic carbocycles. The Morgan fingerprint density at radius 1 is 0.355 bits per heavy atom. The van der Waals surface area contributed by atoms with Gasteiger partial charge in [-0.1, -0.05) is 120 Å². The molecule has 2 aromatic heterocycles. The largest absolute Gasteiger partial charge is 0.310 e. The molecule has 0 N–H and O–H groups in total. The average Bonchev–Trinajstić information content (AvgIpc) is 3.82. The van der Waals surface area contributed by atoms with Gasteiger partial charge in [-0.15, -0.1) is 0 Å². The molecule has 4 heterocycles. The molecule has 0 saturated carbocycles. The summed E-state index contributed by atoms with van der Waals surface area (Å²) in [6, 6.07) is 72.1. The highest BCUT2D eigenvalue weighted by molar-refractivity contribution is 6.21. The minimum absolute atomic E-state index is 0.849. The summed E-state index contributed by atoms with van der Waals surface area (Å²) in [7, 11) is 0. The summed E-state index contributed by atoms with van der Waals surface area (Å²) < 4.78 is 5.14. The van der Waals surface area contributed by atoms with E-state index in [9.17, 15) is 0 Å². The number of rotatable bonds is 6. The van der Waals surface area contributed by atoms with Gasteiger partial charge in [-0.3, -0.25) is 0 Å². The van der Waals surface area contributed by atoms with Gasteiger partial charge in [-0.25, -0.2) is 0 Å². The number of aromatic nitrogens is 2. The summed E-state index contributed by atoms with van der Waals surface area (Å²) in [4.78, 5) is 4.89. The highest BCUT2D eigenvalue weighted by Gasteiger charge is 2.31. The van der Waals surface area contributed by atoms with Crippen LogP contribution in [-0.2, 0) is 12.8 Å². The van der Waals surface area contributed by atoms with Gasteiger partial charge in [0, 0.05) is 79.6 Å². The van der Waals surface area contributed by atoms with Gasteiger partial charge in [-0.05, 0) is 110 Å². The van der Waals surface area contributed by atoms with Crippen molar-refractivity contribution in [2.45, 2.75) is 26.7 Å². The van der Waals surface area contributed by atoms with Gasteiger partial charge in [0.15, 0.2) is 0 Å². The van der Waals surface area contributed by atoms with Crippen molar-refractivity contribution in [1.29, 1.82) is 0 Å². The Morgan fingerprint density at radius 3 is 1.15 bits per heavy atom. The van der Waals surface area contributed by atoms with Gasteiger partial charge in [0.25, 0.3) is 0 Å². The predicted molar refractivity (Wildman–Crippen MR) is 260 cm³/mol. The standard InChI is InChI=1S/C58H42N4/c1-37-21-25-43(26-22-37)59(41-15-5-3-6-16-41)53-31-29-45-47-35-56-48(36-55(47)61-51-19-11-9-13-39(51)33-49(53)57(45)61)46-30-32-54(50-34-40-14-10-12-20-52(40)62(56)58(46)50)60(42-17-7-4-8-18-42)44-27-23-38(2)24-28-44/h3-32,35-36H,33-34H2,1-2H3. The third kappa shape index (κ3) is 5.07. The number of nitrogens with zero attached hydrogens (tertiary/aromatic N) is 4. The molecule has 0 bridgehead atoms. The van der Waals surface area contributed by atoms with Crippen LogP contribution in [0.2, 0.25) is 0 Å². The van der Waals surface area contributed by atoms with Crippen LogP contribution in [0.3, 0.4) is 0 Å². The molecule has 62 heavy (non-hydrogen) atoms. The molecule has 0 amide bonds. The zero-order chi connectivity index (χ0) is 41.1. The minimum atomic E-state index is 0.849. The van der Waals surface area contributed by atoms with Crippen LogP contribution in [0.1, 0.15) is 33.4 Å². The van der Waals surface area contributed by atoms with Gasteiger partial charge < -0.3 is 18.9 Å². The maximum atomic E-state index is 2.57. The van der Waals surface area contributed by atoms with Crippen molar-refractivity contribution in [3.63, 3.8) is 0 Å². The highest BCUT2D eigenvalue weighted by atomic mass is 15.2. The Balaban J connectivity index is 1.11. The molecule has 0 unspecified atom stereocenters. The fourth-order valence-electron chi connectivity index (χ4n) is 10.6. The molecule has 2 aliphatic rings. The fraction of sp³-hybridized carbons (Fsp3) is 0.0690. The Morgan fingerprint density at radius 2 is 0.726 bits per heavy atom. The van der Waals surface area contributed by atoms with Crippen LogP contribution in [0.15, 0.2) is 194 Å². The smallest absolute Gasteiger partial charge is 0.0597 e. The van der Waals surface area contributed by atoms with Crippen molar-refractivity contribution in [2.24, 2.45) is 0 Å². The number of fused-ring (bicyclic) bond motifs is 10. The van der Waals surface area contributed by atoms with E-state index in [0.29, 0.717) is 0 Å². The normalized spacial score (nSPS) is 12.5. The van der Waals surface area contributed by atoms with Gasteiger partial charge in [-0.2, -0.15) is 0 Å². The molecule has 0 aliphatic carbocycles. The molecular weight excluding hydrogens is 753 g/mol. The fourth-order valence-corrected chi connectivity index (χ4v) is 10.6. The summed E-state index contributed by atoms with van der Waals surface area (Å²) in [6.07, 6.45) is 1.70. The van der Waals surface area contributed by atoms with Crippen LogP contribution < -0.4 is 9.80 Å². The molecule has 4 nitrogen and oxygen atoms in total. The summed E-state index contributed by atoms with van der Waals surface area (Å²) in [5.74, 6) is 0. The molecule has 0 fully saturated rings. The SMILES string of the molecule is Cc1ccc(N(c2ccccc2)c2ccc3c4cc5c(cc4n4c3c2Cc2ccccc2-4)c2ccc(N(c3ccccc3)c3ccc(C)cc3)c3c2n5-c2ccccc2C3)cc1. The van der Waals surface area contributed by atoms with Crippen LogP contribution >= 0.6 is 0 Å². The molecule has 2 aliphatic heterocycles. The molecule has 0 saturated heterocycles. The Hall–Kier alpha value is -7.82. The minimum Gasteiger partial charge on any atom is -0.310 e. The second-order valence-electron chi connectivity index (χ2n) is 17.1. The van der Waals surface area contributed by atoms with Crippen molar-refractivity contribution < 1.29 is 0 Å². The van der Waals surface area contributed by atoms with Gasteiger partial charge in [0.2, 0.25) is 0 Å². The summed E-state index contributed by atoms with van der Waals surface area (Å²) in [6.45, 7) is 4.31. The number of para-hydroxylation sites is 4. The second-order valence-corrected chi connectivity index (χ2v) is 17.1. The van der Waals surface area contributed by atoms with E-state index in [2.05, 4.69) is 227 Å². The van der Waals surface area contributed by atoms with Gasteiger partial charge in [0.1, 0.15) is 0 Å². The second kappa shape index (κ2) is 13.3. The molecular formula is C58H42N4. The highest BCUT2D eigenvalue weighted by Crippen LogP contribution is 2.50. The van der Waals surface area contributed by atoms with Crippen LogP contribution in [-0.4, -0.2) is 9.13 Å². The summed E-state index contributed by atoms with van der Waals surface area (Å²) in [5, 5.41) is 5.11. The number of hydrogen-bond donors (Lipinski definition) is 0. The lowest BCUT2D eigenvalue weighted by atomic mass is 9.94. The van der Waals surface area contributed by atoms with Crippen molar-refractivity contribution in [3.05, 3.63) is 228 Å². The lowest BCUT2D eigenvalue weighted by Crippen LogP contribution is -2.15. The van der Waals surface area contributed by atoms with E-state index in [4.69, 9.17) is 0 Å². The summed E-state index contributed by atoms with van der Waals surface area (Å²) in [5.41, 5.74) is 22.5. The molecule has 0 atom stereocenters. The first-order valence-corrected chi connectivity index (χ1v) is 21.7. The number of aryl methyl sites for hydroxylation is 2. The number of hydrogen-bond acceptors (Lipinski definition) is 2. The van der Waals surface area contributed by atoms with Crippen LogP contribution in [0.4, 0.5) is 34.1 Å². The lowest BCUT2D eigenvalue weighted by Gasteiger charge is -2.30. The zero-order valence-corrected chi connectivity index (χ0v) is 34.7. The zero-order valence-electron chi connectivity index (χ0n) is 34.7. The van der Waals surface area contributed by atoms with E-state index >= 15 is 0 Å². The molecule has 0 radical (unpaired) electrons. The molecule has 294 valence electrons. The van der Waals surface area contributed by atoms with Gasteiger partial charge in [0.05, 0.1) is 33.4 Å². The van der Waals surface area contributed by atoms with Crippen molar-refractivity contribution in [1.82, 2.24) is 9.13 Å². The van der Waals surface area contributed by atoms with E-state index in [0.717, 1.165) is 35.6 Å². The van der Waals surface area contributed by atoms with Crippen LogP contribution in [0.5, 0.6) is 0 Å². The predicted octanol–water partition coefficient (Wildman–Crippen LogP) is 15.2. The topological polar surface area (TPSA) is 16.3 Å². The first-order valence-electron chi connectivity index (χ1n) is 21.7. The molecule has 4 heteroatoms. The monoisotopic (exact) mass is 794 g/mol. The third-order valence-corrected chi connectivity index (χ3v) is 13.4. The van der Waals surface area contributed by atoms with Crippen molar-refractivity contribution in [2.75, 3.05) is 9.80 Å². The number of benzene rings is 9. The van der Waals surface area contributed by atoms with Crippen molar-refractivity contribution in [3.8, 4) is 11.4 Å². The van der Waals surface area contributed by atoms with E-state index in [1.165, 1.54) is 99.7 Å². The van der Waals surface area contributed by atoms with E-state index < -0.39 is 0 Å². The van der Waals surface area contributed by atoms with E-state index in [-0.39, 0.29) is 0 Å². The lowest BCUT2D eigenvalue weighted by molar-refractivity contribution is 1.04. The molecule has 11 aromatic rings. The molecule has 13 rings (SSSR count). The maximum absolute atomic E-state index is 2.57. The van der Waals surface area contributed by atoms with Gasteiger partial charge >= 0.3 is 0 Å². The quantitative estimate of drug-likeness (QED) is 0.167. The average molecular weight is 795 g/mol. The first kappa shape index (κ1) is 35.0. The molecule has 0 spiro atoms.